The van der Waals surface area contributed by atoms with E-state index in [1.54, 1.807) is 31.2 Å². The fraction of sp³-hybridized carbons (Fsp3) is 0.571. The Hall–Kier alpha value is -3.95. The van der Waals surface area contributed by atoms with Crippen molar-refractivity contribution in [1.82, 2.24) is 5.39 Å². The Morgan fingerprint density at radius 1 is 1.04 bits per heavy atom. The normalized spacial score (nSPS) is 31.6. The van der Waals surface area contributed by atoms with Crippen LogP contribution < -0.4 is 4.74 Å². The van der Waals surface area contributed by atoms with Crippen LogP contribution in [0.5, 0.6) is 5.75 Å². The van der Waals surface area contributed by atoms with Gasteiger partial charge in [0.1, 0.15) is 5.75 Å². The number of Topliss-reactive ketones (excluding diaryl/α,β-unsaturated/α-hetero) is 1. The van der Waals surface area contributed by atoms with Crippen LogP contribution in [0.2, 0.25) is 0 Å². The minimum absolute atomic E-state index is 0.0160. The van der Waals surface area contributed by atoms with Crippen LogP contribution in [-0.4, -0.2) is 75.5 Å². The zero-order chi connectivity index (χ0) is 35.6. The van der Waals surface area contributed by atoms with E-state index in [-0.39, 0.29) is 61.8 Å². The monoisotopic (exact) mass is 685 g/mol. The summed E-state index contributed by atoms with van der Waals surface area (Å²) in [6.07, 6.45) is 4.62. The molecule has 7 atom stereocenters. The van der Waals surface area contributed by atoms with Gasteiger partial charge in [-0.25, -0.2) is 9.63 Å². The molecule has 1 aromatic carbocycles. The number of ketones is 2. The minimum Gasteiger partial charge on any atom is -0.457 e. The first-order valence-corrected chi connectivity index (χ1v) is 16.5. The van der Waals surface area contributed by atoms with Crippen LogP contribution in [0, 0.1) is 28.6 Å². The number of benzene rings is 1. The molecule has 3 N–H and O–H groups in total. The van der Waals surface area contributed by atoms with E-state index in [1.165, 1.54) is 12.1 Å². The Bertz CT molecular complexity index is 1540. The molecule has 0 spiro atoms. The first kappa shape index (κ1) is 36.3. The number of carbonyl (C=O) groups excluding carboxylic acids is 5. The summed E-state index contributed by atoms with van der Waals surface area (Å²) in [6.45, 7) is 4.58. The van der Waals surface area contributed by atoms with E-state index >= 15 is 0 Å². The van der Waals surface area contributed by atoms with Crippen LogP contribution in [0.3, 0.4) is 0 Å². The maximum absolute atomic E-state index is 14.1. The van der Waals surface area contributed by atoms with Crippen molar-refractivity contribution >= 4 is 29.7 Å². The second kappa shape index (κ2) is 14.5. The lowest BCUT2D eigenvalue weighted by atomic mass is 9.46. The first-order chi connectivity index (χ1) is 23.2. The number of hydrogen-bond acceptors (Lipinski definition) is 14. The molecule has 0 radical (unpaired) electrons. The van der Waals surface area contributed by atoms with Gasteiger partial charge in [-0.15, -0.1) is 0 Å². The molecular weight excluding hydrogens is 642 g/mol. The van der Waals surface area contributed by atoms with Gasteiger partial charge in [0.2, 0.25) is 5.78 Å². The molecular formula is C35H43NO13. The summed E-state index contributed by atoms with van der Waals surface area (Å²) < 4.78 is 21.5. The molecule has 0 aromatic heterocycles. The predicted molar refractivity (Wildman–Crippen MR) is 166 cm³/mol. The lowest BCUT2D eigenvalue weighted by Crippen LogP contribution is -2.63. The number of aliphatic hydroxyl groups is 1. The highest BCUT2D eigenvalue weighted by Crippen LogP contribution is 2.68. The summed E-state index contributed by atoms with van der Waals surface area (Å²) in [5.74, 6) is -2.51. The SMILES string of the molecule is CCOC(=O)O[C@]1(C(=O)COC(=O)CCC(=O)Oc2cccc(CON(O)O)c2)CC[C@H]2[C@@H]3CCC4=CC(=O)C=C[C@]4(C)[C@H]3[C@@H](O)C[C@@]21C. The van der Waals surface area contributed by atoms with Crippen molar-refractivity contribution in [2.45, 2.75) is 84.0 Å². The van der Waals surface area contributed by atoms with Crippen molar-refractivity contribution in [2.75, 3.05) is 13.2 Å². The minimum atomic E-state index is -1.73. The first-order valence-electron chi connectivity index (χ1n) is 16.5. The van der Waals surface area contributed by atoms with E-state index in [0.29, 0.717) is 24.8 Å². The third-order valence-corrected chi connectivity index (χ3v) is 11.0. The van der Waals surface area contributed by atoms with Crippen molar-refractivity contribution in [3.05, 3.63) is 53.6 Å². The Morgan fingerprint density at radius 2 is 1.80 bits per heavy atom. The fourth-order valence-corrected chi connectivity index (χ4v) is 8.84. The number of allylic oxidation sites excluding steroid dienone is 4. The van der Waals surface area contributed by atoms with Crippen LogP contribution in [0.25, 0.3) is 0 Å². The molecule has 3 saturated carbocycles. The molecule has 4 aliphatic carbocycles. The number of fused-ring (bicyclic) bond motifs is 5. The van der Waals surface area contributed by atoms with Crippen molar-refractivity contribution in [2.24, 2.45) is 28.6 Å². The van der Waals surface area contributed by atoms with Crippen molar-refractivity contribution in [3.8, 4) is 5.75 Å². The Kier molecular flexibility index (Phi) is 10.7. The average molecular weight is 686 g/mol. The van der Waals surface area contributed by atoms with Gasteiger partial charge in [0.15, 0.2) is 18.0 Å². The molecule has 3 fully saturated rings. The third-order valence-electron chi connectivity index (χ3n) is 11.0. The summed E-state index contributed by atoms with van der Waals surface area (Å²) >= 11 is 0. The predicted octanol–water partition coefficient (Wildman–Crippen LogP) is 4.19. The maximum atomic E-state index is 14.1. The summed E-state index contributed by atoms with van der Waals surface area (Å²) in [5, 5.41) is 28.7. The molecule has 0 amide bonds. The number of ether oxygens (including phenoxy) is 4. The average Bonchev–Trinajstić information content (AvgIpc) is 3.33. The van der Waals surface area contributed by atoms with Crippen LogP contribution in [0.1, 0.15) is 71.3 Å². The van der Waals surface area contributed by atoms with E-state index < -0.39 is 64.8 Å². The van der Waals surface area contributed by atoms with E-state index in [1.807, 2.05) is 19.9 Å². The highest BCUT2D eigenvalue weighted by Gasteiger charge is 2.70. The highest BCUT2D eigenvalue weighted by molar-refractivity contribution is 6.01. The zero-order valence-corrected chi connectivity index (χ0v) is 27.8. The number of esters is 2. The van der Waals surface area contributed by atoms with Gasteiger partial charge < -0.3 is 24.1 Å². The summed E-state index contributed by atoms with van der Waals surface area (Å²) in [5.41, 5.74) is -1.80. The standard InChI is InChI=1S/C35H43NO13/c1-4-45-32(42)49-35(28(39)20-46-29(40)10-11-30(41)48-24-7-5-6-21(16-24)19-47-36(43)44)15-13-26-25-9-8-22-17-23(37)12-14-33(22,2)31(25)27(38)18-34(26,35)3/h5-7,12,14,16-17,25-27,31,38,43-44H,4,8-11,13,15,18-20H2,1-3H3/t25-,26-,27-,31+,33-,34-,35-/m0/s1. The fourth-order valence-electron chi connectivity index (χ4n) is 8.84. The summed E-state index contributed by atoms with van der Waals surface area (Å²) in [4.78, 5) is 68.7. The molecule has 266 valence electrons. The molecule has 0 bridgehead atoms. The topological polar surface area (TPSA) is 195 Å². The second-order valence-corrected chi connectivity index (χ2v) is 13.6. The van der Waals surface area contributed by atoms with E-state index in [2.05, 4.69) is 4.84 Å². The van der Waals surface area contributed by atoms with Crippen LogP contribution in [0.15, 0.2) is 48.1 Å². The van der Waals surface area contributed by atoms with E-state index in [9.17, 15) is 29.1 Å². The highest BCUT2D eigenvalue weighted by atomic mass is 17.1. The Morgan fingerprint density at radius 3 is 2.53 bits per heavy atom. The van der Waals surface area contributed by atoms with Gasteiger partial charge in [-0.3, -0.25) is 29.6 Å². The molecule has 14 nitrogen and oxygen atoms in total. The zero-order valence-electron chi connectivity index (χ0n) is 27.8. The largest absolute Gasteiger partial charge is 0.509 e. The third kappa shape index (κ3) is 7.19. The van der Waals surface area contributed by atoms with Gasteiger partial charge in [-0.2, -0.15) is 0 Å². The lowest BCUT2D eigenvalue weighted by Gasteiger charge is -2.59. The number of nitrogens with zero attached hydrogens (tertiary/aromatic N) is 1. The quantitative estimate of drug-likeness (QED) is 0.161. The maximum Gasteiger partial charge on any atom is 0.509 e. The van der Waals surface area contributed by atoms with Gasteiger partial charge in [-0.1, -0.05) is 37.6 Å². The summed E-state index contributed by atoms with van der Waals surface area (Å²) in [7, 11) is 0. The molecule has 5 rings (SSSR count). The molecule has 0 saturated heterocycles. The van der Waals surface area contributed by atoms with Crippen molar-refractivity contribution < 1.29 is 63.3 Å². The molecule has 0 heterocycles. The van der Waals surface area contributed by atoms with Crippen LogP contribution >= 0.6 is 0 Å². The van der Waals surface area contributed by atoms with E-state index in [4.69, 9.17) is 29.4 Å². The van der Waals surface area contributed by atoms with Gasteiger partial charge in [0.25, 0.3) is 0 Å². The molecule has 14 heteroatoms. The molecule has 4 aliphatic rings. The molecule has 0 aliphatic heterocycles. The number of carbonyl (C=O) groups is 5. The van der Waals surface area contributed by atoms with Crippen LogP contribution in [0.4, 0.5) is 4.79 Å². The lowest BCUT2D eigenvalue weighted by molar-refractivity contribution is -0.497. The van der Waals surface area contributed by atoms with Gasteiger partial charge >= 0.3 is 18.1 Å². The van der Waals surface area contributed by atoms with Crippen molar-refractivity contribution in [1.29, 1.82) is 0 Å². The summed E-state index contributed by atoms with van der Waals surface area (Å²) in [6, 6.07) is 6.10. The number of aliphatic hydroxyl groups excluding tert-OH is 1. The second-order valence-electron chi connectivity index (χ2n) is 13.6. The smallest absolute Gasteiger partial charge is 0.457 e. The molecule has 1 aromatic rings. The van der Waals surface area contributed by atoms with Gasteiger partial charge in [-0.05, 0) is 80.7 Å². The van der Waals surface area contributed by atoms with Crippen LogP contribution in [-0.2, 0) is 44.8 Å². The molecule has 0 unspecified atom stereocenters. The Balaban J connectivity index is 1.25. The number of rotatable bonds is 12. The van der Waals surface area contributed by atoms with E-state index in [0.717, 1.165) is 5.57 Å². The van der Waals surface area contributed by atoms with Gasteiger partial charge in [0, 0.05) is 16.7 Å². The molecule has 49 heavy (non-hydrogen) atoms. The van der Waals surface area contributed by atoms with Gasteiger partial charge in [0.05, 0.1) is 37.5 Å². The number of hydrogen-bond donors (Lipinski definition) is 3. The van der Waals surface area contributed by atoms with Crippen molar-refractivity contribution in [3.63, 3.8) is 0 Å². The Labute approximate surface area is 283 Å².